The number of hydrogen-bond acceptors (Lipinski definition) is 5. The molecule has 1 aromatic carbocycles. The number of nitrogens with one attached hydrogen (secondary N) is 1. The van der Waals surface area contributed by atoms with Crippen LogP contribution in [0.4, 0.5) is 4.39 Å². The highest BCUT2D eigenvalue weighted by molar-refractivity contribution is 5.79. The van der Waals surface area contributed by atoms with Crippen LogP contribution in [0.3, 0.4) is 0 Å². The number of nitrogens with zero attached hydrogens (tertiary/aromatic N) is 3. The molecule has 2 heterocycles. The molecule has 1 amide bonds. The first-order valence-corrected chi connectivity index (χ1v) is 9.66. The molecule has 2 atom stereocenters. The third-order valence-electron chi connectivity index (χ3n) is 4.92. The van der Waals surface area contributed by atoms with Crippen molar-refractivity contribution in [2.45, 2.75) is 52.1 Å². The quantitative estimate of drug-likeness (QED) is 0.804. The molecular weight excluding hydrogens is 347 g/mol. The summed E-state index contributed by atoms with van der Waals surface area (Å²) in [6.45, 7) is 6.29. The summed E-state index contributed by atoms with van der Waals surface area (Å²) in [5, 5.41) is 7.10. The molecule has 1 fully saturated rings. The zero-order valence-corrected chi connectivity index (χ0v) is 15.9. The molecule has 146 valence electrons. The van der Waals surface area contributed by atoms with Crippen LogP contribution in [0.1, 0.15) is 45.4 Å². The van der Waals surface area contributed by atoms with E-state index in [0.29, 0.717) is 30.4 Å². The van der Waals surface area contributed by atoms with E-state index in [-0.39, 0.29) is 23.7 Å². The minimum Gasteiger partial charge on any atom is -0.353 e. The highest BCUT2D eigenvalue weighted by Crippen LogP contribution is 2.21. The van der Waals surface area contributed by atoms with Crippen molar-refractivity contribution in [2.24, 2.45) is 5.92 Å². The summed E-state index contributed by atoms with van der Waals surface area (Å²) in [5.41, 5.74) is 0.715. The predicted molar refractivity (Wildman–Crippen MR) is 100 cm³/mol. The summed E-state index contributed by atoms with van der Waals surface area (Å²) in [5.74, 6) is 0.795. The Labute approximate surface area is 159 Å². The van der Waals surface area contributed by atoms with Gasteiger partial charge in [-0.15, -0.1) is 0 Å². The first-order valence-electron chi connectivity index (χ1n) is 9.66. The number of carbonyl (C=O) groups is 1. The van der Waals surface area contributed by atoms with Gasteiger partial charge in [0.05, 0.1) is 12.5 Å². The van der Waals surface area contributed by atoms with Crippen LogP contribution in [0.5, 0.6) is 0 Å². The van der Waals surface area contributed by atoms with Crippen LogP contribution in [0.2, 0.25) is 0 Å². The van der Waals surface area contributed by atoms with Gasteiger partial charge < -0.3 is 9.84 Å². The Hall–Kier alpha value is -2.28. The summed E-state index contributed by atoms with van der Waals surface area (Å²) >= 11 is 0. The van der Waals surface area contributed by atoms with E-state index >= 15 is 0 Å². The molecule has 0 radical (unpaired) electrons. The maximum Gasteiger partial charge on any atom is 0.241 e. The second-order valence-electron chi connectivity index (χ2n) is 7.29. The SMILES string of the molecule is CCCC(C)NC(=O)C1CCCN(Cc2nc(-c3ccc(F)cc3)no2)C1. The normalized spacial score (nSPS) is 19.0. The summed E-state index contributed by atoms with van der Waals surface area (Å²) in [4.78, 5) is 19.1. The number of rotatable bonds is 7. The number of hydrogen-bond donors (Lipinski definition) is 1. The van der Waals surface area contributed by atoms with Crippen LogP contribution >= 0.6 is 0 Å². The lowest BCUT2D eigenvalue weighted by atomic mass is 9.96. The first kappa shape index (κ1) is 19.5. The highest BCUT2D eigenvalue weighted by atomic mass is 19.1. The molecule has 1 aliphatic rings. The maximum absolute atomic E-state index is 13.0. The highest BCUT2D eigenvalue weighted by Gasteiger charge is 2.27. The van der Waals surface area contributed by atoms with Gasteiger partial charge in [0.1, 0.15) is 5.82 Å². The van der Waals surface area contributed by atoms with Crippen molar-refractivity contribution >= 4 is 5.91 Å². The summed E-state index contributed by atoms with van der Waals surface area (Å²) in [7, 11) is 0. The Bertz CT molecular complexity index is 747. The van der Waals surface area contributed by atoms with Gasteiger partial charge in [-0.2, -0.15) is 4.98 Å². The van der Waals surface area contributed by atoms with Crippen LogP contribution < -0.4 is 5.32 Å². The molecule has 1 saturated heterocycles. The van der Waals surface area contributed by atoms with Gasteiger partial charge in [0.25, 0.3) is 0 Å². The van der Waals surface area contributed by atoms with Gasteiger partial charge in [-0.1, -0.05) is 18.5 Å². The average molecular weight is 374 g/mol. The lowest BCUT2D eigenvalue weighted by Gasteiger charge is -2.31. The van der Waals surface area contributed by atoms with Gasteiger partial charge >= 0.3 is 0 Å². The molecule has 1 aromatic heterocycles. The van der Waals surface area contributed by atoms with Crippen molar-refractivity contribution in [3.8, 4) is 11.4 Å². The van der Waals surface area contributed by atoms with Crippen LogP contribution in [-0.2, 0) is 11.3 Å². The monoisotopic (exact) mass is 374 g/mol. The van der Waals surface area contributed by atoms with E-state index in [0.717, 1.165) is 32.2 Å². The van der Waals surface area contributed by atoms with E-state index in [1.165, 1.54) is 12.1 Å². The second kappa shape index (κ2) is 9.08. The minimum atomic E-state index is -0.298. The molecule has 6 nitrogen and oxygen atoms in total. The Kier molecular flexibility index (Phi) is 6.55. The van der Waals surface area contributed by atoms with E-state index in [9.17, 15) is 9.18 Å². The fraction of sp³-hybridized carbons (Fsp3) is 0.550. The Morgan fingerprint density at radius 3 is 2.93 bits per heavy atom. The molecule has 0 bridgehead atoms. The number of halogens is 1. The summed E-state index contributed by atoms with van der Waals surface area (Å²) in [6.07, 6.45) is 3.94. The molecule has 27 heavy (non-hydrogen) atoms. The van der Waals surface area contributed by atoms with Gasteiger partial charge in [0.15, 0.2) is 0 Å². The van der Waals surface area contributed by atoms with Gasteiger partial charge in [0.2, 0.25) is 17.6 Å². The first-order chi connectivity index (χ1) is 13.0. The van der Waals surface area contributed by atoms with Gasteiger partial charge in [0, 0.05) is 18.2 Å². The maximum atomic E-state index is 13.0. The minimum absolute atomic E-state index is 0.00227. The second-order valence-corrected chi connectivity index (χ2v) is 7.29. The zero-order valence-electron chi connectivity index (χ0n) is 15.9. The number of aromatic nitrogens is 2. The molecule has 0 spiro atoms. The molecule has 1 N–H and O–H groups in total. The van der Waals surface area contributed by atoms with Crippen molar-refractivity contribution in [1.82, 2.24) is 20.4 Å². The third-order valence-corrected chi connectivity index (χ3v) is 4.92. The fourth-order valence-electron chi connectivity index (χ4n) is 3.51. The van der Waals surface area contributed by atoms with Crippen LogP contribution in [0, 0.1) is 11.7 Å². The van der Waals surface area contributed by atoms with Gasteiger partial charge in [-0.3, -0.25) is 9.69 Å². The zero-order chi connectivity index (χ0) is 19.2. The number of piperidine rings is 1. The lowest BCUT2D eigenvalue weighted by Crippen LogP contribution is -2.45. The van der Waals surface area contributed by atoms with Crippen molar-refractivity contribution in [3.63, 3.8) is 0 Å². The van der Waals surface area contributed by atoms with Crippen molar-refractivity contribution in [3.05, 3.63) is 36.0 Å². The molecular formula is C20H27FN4O2. The van der Waals surface area contributed by atoms with Crippen LogP contribution in [-0.4, -0.2) is 40.1 Å². The third kappa shape index (κ3) is 5.35. The van der Waals surface area contributed by atoms with E-state index in [1.807, 2.05) is 0 Å². The largest absolute Gasteiger partial charge is 0.353 e. The van der Waals surface area contributed by atoms with E-state index in [1.54, 1.807) is 12.1 Å². The van der Waals surface area contributed by atoms with Crippen LogP contribution in [0.25, 0.3) is 11.4 Å². The van der Waals surface area contributed by atoms with E-state index in [4.69, 9.17) is 4.52 Å². The molecule has 7 heteroatoms. The Morgan fingerprint density at radius 1 is 1.41 bits per heavy atom. The predicted octanol–water partition coefficient (Wildman–Crippen LogP) is 3.39. The van der Waals surface area contributed by atoms with Crippen LogP contribution in [0.15, 0.2) is 28.8 Å². The topological polar surface area (TPSA) is 71.3 Å². The number of benzene rings is 1. The summed E-state index contributed by atoms with van der Waals surface area (Å²) < 4.78 is 18.4. The van der Waals surface area contributed by atoms with Gasteiger partial charge in [-0.05, 0) is 57.0 Å². The van der Waals surface area contributed by atoms with E-state index in [2.05, 4.69) is 34.2 Å². The number of likely N-dealkylation sites (tertiary alicyclic amines) is 1. The lowest BCUT2D eigenvalue weighted by molar-refractivity contribution is -0.127. The number of amides is 1. The smallest absolute Gasteiger partial charge is 0.241 e. The standard InChI is InChI=1S/C20H27FN4O2/c1-3-5-14(2)22-20(26)16-6-4-11-25(12-16)13-18-23-19(24-27-18)15-7-9-17(21)10-8-15/h7-10,14,16H,3-6,11-13H2,1-2H3,(H,22,26). The Morgan fingerprint density at radius 2 is 2.19 bits per heavy atom. The van der Waals surface area contributed by atoms with Crippen molar-refractivity contribution in [2.75, 3.05) is 13.1 Å². The van der Waals surface area contributed by atoms with Crippen molar-refractivity contribution < 1.29 is 13.7 Å². The average Bonchev–Trinajstić information content (AvgIpc) is 3.11. The molecule has 1 aliphatic heterocycles. The molecule has 0 aliphatic carbocycles. The van der Waals surface area contributed by atoms with E-state index < -0.39 is 0 Å². The molecule has 2 aromatic rings. The van der Waals surface area contributed by atoms with Gasteiger partial charge in [-0.25, -0.2) is 4.39 Å². The van der Waals surface area contributed by atoms with Crippen molar-refractivity contribution in [1.29, 1.82) is 0 Å². The number of carbonyl (C=O) groups excluding carboxylic acids is 1. The fourth-order valence-corrected chi connectivity index (χ4v) is 3.51. The Balaban J connectivity index is 1.56. The summed E-state index contributed by atoms with van der Waals surface area (Å²) in [6, 6.07) is 6.22. The molecule has 3 rings (SSSR count). The molecule has 0 saturated carbocycles. The molecule has 2 unspecified atom stereocenters.